The summed E-state index contributed by atoms with van der Waals surface area (Å²) < 4.78 is 15.7. The summed E-state index contributed by atoms with van der Waals surface area (Å²) in [6.45, 7) is 2.14. The number of para-hydroxylation sites is 1. The zero-order valence-corrected chi connectivity index (χ0v) is 14.4. The number of aliphatic hydroxyl groups excluding tert-OH is 1. The Morgan fingerprint density at radius 3 is 2.46 bits per heavy atom. The van der Waals surface area contributed by atoms with E-state index in [0.717, 1.165) is 0 Å². The smallest absolute Gasteiger partial charge is 0.375 e. The number of allylic oxidation sites excluding steroid dienone is 1. The highest BCUT2D eigenvalue weighted by Gasteiger charge is 2.20. The topological polar surface area (TPSA) is 110 Å². The quantitative estimate of drug-likeness (QED) is 0.324. The molecule has 0 saturated carbocycles. The van der Waals surface area contributed by atoms with Gasteiger partial charge < -0.3 is 24.4 Å². The fourth-order valence-corrected chi connectivity index (χ4v) is 2.26. The first-order valence-electron chi connectivity index (χ1n) is 7.80. The van der Waals surface area contributed by atoms with Crippen LogP contribution >= 0.6 is 0 Å². The summed E-state index contributed by atoms with van der Waals surface area (Å²) >= 11 is 0. The van der Waals surface area contributed by atoms with Crippen molar-refractivity contribution < 1.29 is 28.6 Å². The van der Waals surface area contributed by atoms with Crippen LogP contribution in [0.5, 0.6) is 5.75 Å². The van der Waals surface area contributed by atoms with Gasteiger partial charge in [-0.25, -0.2) is 4.79 Å². The number of nitrogens with one attached hydrogen (secondary N) is 1. The van der Waals surface area contributed by atoms with E-state index in [1.54, 1.807) is 18.2 Å². The summed E-state index contributed by atoms with van der Waals surface area (Å²) in [6, 6.07) is 10.7. The highest BCUT2D eigenvalue weighted by atomic mass is 16.6. The van der Waals surface area contributed by atoms with Crippen molar-refractivity contribution in [2.24, 2.45) is 0 Å². The van der Waals surface area contributed by atoms with Gasteiger partial charge in [0.25, 0.3) is 0 Å². The number of aliphatic hydroxyl groups is 1. The first-order valence-corrected chi connectivity index (χ1v) is 7.80. The molecule has 7 nitrogen and oxygen atoms in total. The number of Topliss-reactive ketones (excluding diaryl/α,β-unsaturated/α-hetero) is 1. The van der Waals surface area contributed by atoms with Crippen LogP contribution in [-0.4, -0.2) is 29.2 Å². The Morgan fingerprint density at radius 2 is 1.85 bits per heavy atom. The molecular formula is C19H19NO6. The number of rotatable bonds is 8. The Balaban J connectivity index is 2.02. The Kier molecular flexibility index (Phi) is 6.32. The van der Waals surface area contributed by atoms with E-state index in [4.69, 9.17) is 19.3 Å². The van der Waals surface area contributed by atoms with Gasteiger partial charge in [0.2, 0.25) is 5.76 Å². The Bertz CT molecular complexity index is 819. The molecule has 0 bridgehead atoms. The van der Waals surface area contributed by atoms with Crippen LogP contribution in [-0.2, 0) is 16.1 Å². The fraction of sp³-hybridized carbons (Fsp3) is 0.211. The second kappa shape index (κ2) is 8.66. The van der Waals surface area contributed by atoms with Crippen molar-refractivity contribution in [1.82, 2.24) is 0 Å². The summed E-state index contributed by atoms with van der Waals surface area (Å²) in [5.74, 6) is -1.18. The number of furan rings is 1. The Labute approximate surface area is 150 Å². The number of hydrogen-bond acceptors (Lipinski definition) is 7. The van der Waals surface area contributed by atoms with Gasteiger partial charge in [-0.1, -0.05) is 18.2 Å². The Morgan fingerprint density at radius 1 is 1.15 bits per heavy atom. The average Bonchev–Trinajstić information content (AvgIpc) is 3.07. The van der Waals surface area contributed by atoms with Crippen LogP contribution in [0.3, 0.4) is 0 Å². The molecule has 0 aliphatic heterocycles. The van der Waals surface area contributed by atoms with Gasteiger partial charge in [0, 0.05) is 11.3 Å². The van der Waals surface area contributed by atoms with Crippen LogP contribution in [0.1, 0.15) is 30.0 Å². The number of hydrogen-bond donors (Lipinski definition) is 2. The van der Waals surface area contributed by atoms with Gasteiger partial charge in [-0.3, -0.25) is 4.79 Å². The van der Waals surface area contributed by atoms with E-state index >= 15 is 0 Å². The molecule has 0 amide bonds. The predicted octanol–water partition coefficient (Wildman–Crippen LogP) is 3.46. The summed E-state index contributed by atoms with van der Waals surface area (Å²) in [5, 5.41) is 17.4. The van der Waals surface area contributed by atoms with E-state index in [9.17, 15) is 14.7 Å². The molecule has 1 heterocycles. The van der Waals surface area contributed by atoms with E-state index in [2.05, 4.69) is 0 Å². The third-order valence-corrected chi connectivity index (χ3v) is 3.43. The molecule has 0 fully saturated rings. The lowest BCUT2D eigenvalue weighted by atomic mass is 10.1. The van der Waals surface area contributed by atoms with E-state index in [-0.39, 0.29) is 23.7 Å². The molecule has 2 rings (SSSR count). The van der Waals surface area contributed by atoms with Gasteiger partial charge in [0.1, 0.15) is 24.7 Å². The molecule has 2 N–H and O–H groups in total. The van der Waals surface area contributed by atoms with Crippen LogP contribution in [0.15, 0.2) is 58.4 Å². The fourth-order valence-electron chi connectivity index (χ4n) is 2.26. The minimum atomic E-state index is -0.807. The minimum Gasteiger partial charge on any atom is -0.508 e. The Hall–Kier alpha value is -3.35. The monoisotopic (exact) mass is 357 g/mol. The molecule has 1 aromatic carbocycles. The van der Waals surface area contributed by atoms with Gasteiger partial charge in [-0.05, 0) is 32.0 Å². The average molecular weight is 357 g/mol. The largest absolute Gasteiger partial charge is 0.508 e. The second-order valence-corrected chi connectivity index (χ2v) is 5.46. The SMILES string of the molecule is CC(=N)/C(C(C)=O)=C(/O)COC(=O)c1occc1COc1ccccc1. The van der Waals surface area contributed by atoms with Crippen molar-refractivity contribution in [3.05, 3.63) is 65.3 Å². The van der Waals surface area contributed by atoms with Gasteiger partial charge >= 0.3 is 5.97 Å². The molecule has 0 radical (unpaired) electrons. The van der Waals surface area contributed by atoms with E-state index < -0.39 is 24.1 Å². The summed E-state index contributed by atoms with van der Waals surface area (Å²) in [6.07, 6.45) is 1.33. The standard InChI is InChI=1S/C19H19NO6/c1-12(20)17(13(2)21)16(22)11-26-19(23)18-14(8-9-24-18)10-25-15-6-4-3-5-7-15/h3-9,20,22H,10-11H2,1-2H3/b17-16-,20-12?. The minimum absolute atomic E-state index is 0.0512. The number of carbonyl (C=O) groups is 2. The van der Waals surface area contributed by atoms with Crippen LogP contribution in [0.25, 0.3) is 0 Å². The van der Waals surface area contributed by atoms with Crippen molar-refractivity contribution in [3.8, 4) is 5.75 Å². The maximum Gasteiger partial charge on any atom is 0.375 e. The summed E-state index contributed by atoms with van der Waals surface area (Å²) in [5.41, 5.74) is 0.197. The van der Waals surface area contributed by atoms with Gasteiger partial charge in [-0.2, -0.15) is 0 Å². The summed E-state index contributed by atoms with van der Waals surface area (Å²) in [7, 11) is 0. The first-order chi connectivity index (χ1) is 12.4. The van der Waals surface area contributed by atoms with Crippen LogP contribution in [0.4, 0.5) is 0 Å². The lowest BCUT2D eigenvalue weighted by Gasteiger charge is -2.08. The van der Waals surface area contributed by atoms with Crippen molar-refractivity contribution in [2.75, 3.05) is 6.61 Å². The van der Waals surface area contributed by atoms with E-state index in [1.165, 1.54) is 20.1 Å². The number of esters is 1. The first kappa shape index (κ1) is 19.0. The molecule has 2 aromatic rings. The van der Waals surface area contributed by atoms with Gasteiger partial charge in [0.05, 0.1) is 11.8 Å². The van der Waals surface area contributed by atoms with Crippen LogP contribution in [0.2, 0.25) is 0 Å². The van der Waals surface area contributed by atoms with Crippen molar-refractivity contribution >= 4 is 17.5 Å². The zero-order valence-electron chi connectivity index (χ0n) is 14.4. The van der Waals surface area contributed by atoms with Gasteiger partial charge in [-0.15, -0.1) is 0 Å². The second-order valence-electron chi connectivity index (χ2n) is 5.46. The molecular weight excluding hydrogens is 338 g/mol. The molecule has 0 unspecified atom stereocenters. The van der Waals surface area contributed by atoms with Gasteiger partial charge in [0.15, 0.2) is 5.78 Å². The van der Waals surface area contributed by atoms with E-state index in [0.29, 0.717) is 11.3 Å². The third kappa shape index (κ3) is 4.83. The molecule has 0 saturated heterocycles. The van der Waals surface area contributed by atoms with Crippen molar-refractivity contribution in [1.29, 1.82) is 5.41 Å². The predicted molar refractivity (Wildman–Crippen MR) is 93.5 cm³/mol. The number of ether oxygens (including phenoxy) is 2. The third-order valence-electron chi connectivity index (χ3n) is 3.43. The molecule has 26 heavy (non-hydrogen) atoms. The molecule has 0 atom stereocenters. The number of ketones is 1. The van der Waals surface area contributed by atoms with Crippen LogP contribution < -0.4 is 4.74 Å². The molecule has 0 spiro atoms. The number of benzene rings is 1. The lowest BCUT2D eigenvalue weighted by Crippen LogP contribution is -2.15. The molecule has 0 aliphatic rings. The molecule has 136 valence electrons. The summed E-state index contributed by atoms with van der Waals surface area (Å²) in [4.78, 5) is 23.6. The molecule has 7 heteroatoms. The maximum atomic E-state index is 12.2. The highest BCUT2D eigenvalue weighted by molar-refractivity contribution is 6.19. The molecule has 1 aromatic heterocycles. The van der Waals surface area contributed by atoms with E-state index in [1.807, 2.05) is 18.2 Å². The highest BCUT2D eigenvalue weighted by Crippen LogP contribution is 2.17. The van der Waals surface area contributed by atoms with Crippen LogP contribution in [0, 0.1) is 5.41 Å². The van der Waals surface area contributed by atoms with Crippen molar-refractivity contribution in [2.45, 2.75) is 20.5 Å². The maximum absolute atomic E-state index is 12.2. The number of carbonyl (C=O) groups excluding carboxylic acids is 2. The molecule has 0 aliphatic carbocycles. The van der Waals surface area contributed by atoms with Crippen molar-refractivity contribution in [3.63, 3.8) is 0 Å². The lowest BCUT2D eigenvalue weighted by molar-refractivity contribution is -0.113. The zero-order chi connectivity index (χ0) is 19.1. The normalized spacial score (nSPS) is 11.5.